The van der Waals surface area contributed by atoms with E-state index in [2.05, 4.69) is 5.16 Å². The molecule has 1 unspecified atom stereocenters. The minimum Gasteiger partial charge on any atom is -0.389 e. The van der Waals surface area contributed by atoms with Crippen molar-refractivity contribution in [3.8, 4) is 0 Å². The largest absolute Gasteiger partial charge is 0.435 e. The molecule has 0 spiro atoms. The van der Waals surface area contributed by atoms with Gasteiger partial charge >= 0.3 is 6.18 Å². The summed E-state index contributed by atoms with van der Waals surface area (Å²) < 4.78 is 56.5. The number of fused-ring (bicyclic) bond motifs is 1. The predicted octanol–water partition coefficient (Wildman–Crippen LogP) is 6.21. The van der Waals surface area contributed by atoms with Gasteiger partial charge in [0.05, 0.1) is 27.9 Å². The summed E-state index contributed by atoms with van der Waals surface area (Å²) in [5, 5.41) is 2.77. The summed E-state index contributed by atoms with van der Waals surface area (Å²) >= 11 is 18.2. The molecule has 1 aromatic heterocycles. The number of halogens is 6. The maximum atomic E-state index is 14.2. The van der Waals surface area contributed by atoms with Gasteiger partial charge in [0.15, 0.2) is 5.82 Å². The van der Waals surface area contributed by atoms with E-state index in [4.69, 9.17) is 46.0 Å². The third-order valence-electron chi connectivity index (χ3n) is 6.01. The Hall–Kier alpha value is -1.62. The van der Waals surface area contributed by atoms with Crippen LogP contribution in [0.15, 0.2) is 17.3 Å². The van der Waals surface area contributed by atoms with E-state index < -0.39 is 39.6 Å². The number of hydrogen-bond acceptors (Lipinski definition) is 5. The van der Waals surface area contributed by atoms with E-state index in [1.165, 1.54) is 11.3 Å². The summed E-state index contributed by atoms with van der Waals surface area (Å²) in [5.41, 5.74) is 4.88. The van der Waals surface area contributed by atoms with Crippen molar-refractivity contribution in [1.29, 1.82) is 0 Å². The van der Waals surface area contributed by atoms with Gasteiger partial charge in [0.25, 0.3) is 5.60 Å². The Bertz CT molecular complexity index is 1160. The molecule has 2 N–H and O–H groups in total. The van der Waals surface area contributed by atoms with Gasteiger partial charge in [0, 0.05) is 17.0 Å². The van der Waals surface area contributed by atoms with E-state index in [1.807, 2.05) is 0 Å². The second-order valence-electron chi connectivity index (χ2n) is 8.10. The van der Waals surface area contributed by atoms with Crippen LogP contribution in [0.2, 0.25) is 10.0 Å². The van der Waals surface area contributed by atoms with E-state index in [0.29, 0.717) is 24.0 Å². The summed E-state index contributed by atoms with van der Waals surface area (Å²) in [4.78, 5) is 9.07. The molecule has 3 heterocycles. The lowest BCUT2D eigenvalue weighted by molar-refractivity contribution is -0.275. The van der Waals surface area contributed by atoms with Crippen molar-refractivity contribution >= 4 is 57.6 Å². The number of thiocarbonyl (C=S) groups is 1. The van der Waals surface area contributed by atoms with Crippen molar-refractivity contribution in [1.82, 2.24) is 4.90 Å². The smallest absolute Gasteiger partial charge is 0.389 e. The third kappa shape index (κ3) is 3.38. The number of benzene rings is 1. The number of alkyl halides is 3. The SMILES string of the molecule is NC(=S)c1sc2c(c1C1CC1)CN(C1=NOC(c3cc(Cl)c(F)c(Cl)c3)(C(F)(F)F)C1)C2. The average Bonchev–Trinajstić information content (AvgIpc) is 3.13. The number of hydrogen-bond donors (Lipinski definition) is 1. The van der Waals surface area contributed by atoms with Crippen LogP contribution in [0, 0.1) is 5.82 Å². The third-order valence-corrected chi connectivity index (χ3v) is 8.16. The Balaban J connectivity index is 1.45. The van der Waals surface area contributed by atoms with Gasteiger partial charge in [-0.05, 0) is 42.0 Å². The molecule has 2 aromatic rings. The summed E-state index contributed by atoms with van der Waals surface area (Å²) in [6.45, 7) is 0.796. The van der Waals surface area contributed by atoms with Crippen molar-refractivity contribution in [2.75, 3.05) is 0 Å². The van der Waals surface area contributed by atoms with Crippen LogP contribution >= 0.6 is 46.8 Å². The maximum absolute atomic E-state index is 14.2. The first-order valence-corrected chi connectivity index (χ1v) is 11.7. The summed E-state index contributed by atoms with van der Waals surface area (Å²) in [6, 6.07) is 1.77. The molecule has 170 valence electrons. The van der Waals surface area contributed by atoms with Crippen molar-refractivity contribution in [3.05, 3.63) is 54.4 Å². The van der Waals surface area contributed by atoms with Gasteiger partial charge < -0.3 is 15.5 Å². The number of amidine groups is 1. The van der Waals surface area contributed by atoms with E-state index in [1.54, 1.807) is 4.90 Å². The molecule has 3 aliphatic rings. The number of thiophene rings is 1. The van der Waals surface area contributed by atoms with Crippen LogP contribution in [0.3, 0.4) is 0 Å². The van der Waals surface area contributed by atoms with Gasteiger partial charge in [-0.3, -0.25) is 0 Å². The summed E-state index contributed by atoms with van der Waals surface area (Å²) in [7, 11) is 0. The Kier molecular flexibility index (Phi) is 5.16. The highest BCUT2D eigenvalue weighted by molar-refractivity contribution is 7.81. The molecule has 5 rings (SSSR count). The molecule has 0 bridgehead atoms. The normalized spacial score (nSPS) is 22.7. The van der Waals surface area contributed by atoms with E-state index >= 15 is 0 Å². The molecule has 1 aromatic carbocycles. The lowest BCUT2D eigenvalue weighted by Gasteiger charge is -2.30. The van der Waals surface area contributed by atoms with Gasteiger partial charge in [-0.1, -0.05) is 40.6 Å². The molecule has 0 radical (unpaired) electrons. The fraction of sp³-hybridized carbons (Fsp3) is 0.400. The number of rotatable bonds is 3. The van der Waals surface area contributed by atoms with Crippen molar-refractivity contribution in [2.24, 2.45) is 10.9 Å². The molecular formula is C20H15Cl2F4N3OS2. The van der Waals surface area contributed by atoms with Gasteiger partial charge in [-0.2, -0.15) is 13.2 Å². The molecule has 1 aliphatic carbocycles. The van der Waals surface area contributed by atoms with Gasteiger partial charge in [0.2, 0.25) is 0 Å². The number of oxime groups is 1. The highest BCUT2D eigenvalue weighted by Gasteiger charge is 2.63. The van der Waals surface area contributed by atoms with Crippen LogP contribution < -0.4 is 5.73 Å². The van der Waals surface area contributed by atoms with Crippen LogP contribution in [0.1, 0.15) is 51.6 Å². The number of nitrogens with zero attached hydrogens (tertiary/aromatic N) is 2. The minimum atomic E-state index is -4.84. The maximum Gasteiger partial charge on any atom is 0.435 e. The second-order valence-corrected chi connectivity index (χ2v) is 10.5. The first-order valence-electron chi connectivity index (χ1n) is 9.68. The Morgan fingerprint density at radius 1 is 1.25 bits per heavy atom. The molecule has 0 amide bonds. The van der Waals surface area contributed by atoms with Gasteiger partial charge in [-0.15, -0.1) is 11.3 Å². The molecule has 1 saturated carbocycles. The van der Waals surface area contributed by atoms with Crippen LogP contribution in [-0.4, -0.2) is 21.9 Å². The number of nitrogens with two attached hydrogens (primary N) is 1. The van der Waals surface area contributed by atoms with Crippen molar-refractivity contribution in [3.63, 3.8) is 0 Å². The van der Waals surface area contributed by atoms with E-state index in [9.17, 15) is 17.6 Å². The molecule has 1 atom stereocenters. The van der Waals surface area contributed by atoms with Gasteiger partial charge in [0.1, 0.15) is 10.8 Å². The highest BCUT2D eigenvalue weighted by atomic mass is 35.5. The topological polar surface area (TPSA) is 50.8 Å². The second kappa shape index (κ2) is 7.44. The fourth-order valence-electron chi connectivity index (χ4n) is 4.26. The Labute approximate surface area is 199 Å². The average molecular weight is 524 g/mol. The molecule has 12 heteroatoms. The highest BCUT2D eigenvalue weighted by Crippen LogP contribution is 2.52. The Morgan fingerprint density at radius 3 is 2.47 bits per heavy atom. The monoisotopic (exact) mass is 523 g/mol. The first kappa shape index (κ1) is 22.2. The quantitative estimate of drug-likeness (QED) is 0.295. The van der Waals surface area contributed by atoms with Crippen LogP contribution in [0.5, 0.6) is 0 Å². The van der Waals surface area contributed by atoms with Gasteiger partial charge in [-0.25, -0.2) is 4.39 Å². The van der Waals surface area contributed by atoms with Crippen LogP contribution in [0.4, 0.5) is 17.6 Å². The fourth-order valence-corrected chi connectivity index (χ4v) is 6.25. The van der Waals surface area contributed by atoms with Crippen LogP contribution in [-0.2, 0) is 23.5 Å². The molecule has 2 aliphatic heterocycles. The zero-order valence-corrected chi connectivity index (χ0v) is 19.4. The molecule has 1 fully saturated rings. The first-order chi connectivity index (χ1) is 15.0. The molecule has 0 saturated heterocycles. The summed E-state index contributed by atoms with van der Waals surface area (Å²) in [6.07, 6.45) is -3.33. The minimum absolute atomic E-state index is 0.154. The molecule has 32 heavy (non-hydrogen) atoms. The van der Waals surface area contributed by atoms with Crippen LogP contribution in [0.25, 0.3) is 0 Å². The predicted molar refractivity (Wildman–Crippen MR) is 119 cm³/mol. The molecule has 4 nitrogen and oxygen atoms in total. The Morgan fingerprint density at radius 2 is 1.91 bits per heavy atom. The summed E-state index contributed by atoms with van der Waals surface area (Å²) in [5.74, 6) is -0.439. The lowest BCUT2D eigenvalue weighted by atomic mass is 9.89. The standard InChI is InChI=1S/C20H15Cl2F4N3OS2/c21-11-3-9(4-12(22)16(11)23)19(20(24,25)26)5-14(28-30-19)29-6-10-13(7-29)32-17(18(27)31)15(10)8-1-2-8/h3-4,8H,1-2,5-7H2,(H2,27,31). The zero-order valence-electron chi connectivity index (χ0n) is 16.2. The van der Waals surface area contributed by atoms with Crippen molar-refractivity contribution < 1.29 is 22.4 Å². The molecular weight excluding hydrogens is 509 g/mol. The lowest BCUT2D eigenvalue weighted by Crippen LogP contribution is -2.44. The van der Waals surface area contributed by atoms with Crippen molar-refractivity contribution in [2.45, 2.75) is 50.0 Å². The van der Waals surface area contributed by atoms with E-state index in [0.717, 1.165) is 45.9 Å². The van der Waals surface area contributed by atoms with E-state index in [-0.39, 0.29) is 5.84 Å². The zero-order chi connectivity index (χ0) is 23.0.